The van der Waals surface area contributed by atoms with Crippen LogP contribution in [0.25, 0.3) is 0 Å². The summed E-state index contributed by atoms with van der Waals surface area (Å²) >= 11 is 0. The molecule has 0 radical (unpaired) electrons. The molecule has 2 aromatic carbocycles. The number of hydrogen-bond donors (Lipinski definition) is 2. The number of nitrogens with one attached hydrogen (secondary N) is 2. The van der Waals surface area contributed by atoms with E-state index in [2.05, 4.69) is 31.4 Å². The largest absolute Gasteiger partial charge is 0.453 e. The van der Waals surface area contributed by atoms with Crippen LogP contribution in [0.4, 0.5) is 14.9 Å². The lowest BCUT2D eigenvalue weighted by Crippen LogP contribution is -2.60. The van der Waals surface area contributed by atoms with Gasteiger partial charge >= 0.3 is 6.09 Å². The Hall–Kier alpha value is -2.73. The first-order valence-corrected chi connectivity index (χ1v) is 19.2. The van der Waals surface area contributed by atoms with Gasteiger partial charge in [0.15, 0.2) is 9.84 Å². The molecule has 1 amide bonds. The number of anilines is 1. The molecule has 256 valence electrons. The van der Waals surface area contributed by atoms with E-state index in [1.54, 1.807) is 24.3 Å². The molecule has 1 aliphatic carbocycles. The van der Waals surface area contributed by atoms with E-state index in [-0.39, 0.29) is 34.5 Å². The minimum Gasteiger partial charge on any atom is -0.453 e. The summed E-state index contributed by atoms with van der Waals surface area (Å²) < 4.78 is 45.5. The van der Waals surface area contributed by atoms with Crippen LogP contribution in [-0.2, 0) is 20.0 Å². The fraction of sp³-hybridized carbons (Fsp3) is 0.639. The molecule has 0 unspecified atom stereocenters. The van der Waals surface area contributed by atoms with Crippen LogP contribution in [0.1, 0.15) is 44.1 Å². The summed E-state index contributed by atoms with van der Waals surface area (Å²) in [6.07, 6.45) is 5.90. The van der Waals surface area contributed by atoms with Gasteiger partial charge in [0.2, 0.25) is 0 Å². The van der Waals surface area contributed by atoms with E-state index in [0.717, 1.165) is 95.7 Å². The summed E-state index contributed by atoms with van der Waals surface area (Å²) in [6, 6.07) is 14.8. The van der Waals surface area contributed by atoms with Crippen LogP contribution in [0.5, 0.6) is 0 Å². The van der Waals surface area contributed by atoms with Crippen LogP contribution < -0.4 is 15.5 Å². The van der Waals surface area contributed by atoms with Gasteiger partial charge in [0.25, 0.3) is 0 Å². The molecule has 2 aromatic rings. The molecule has 5 aliphatic rings. The van der Waals surface area contributed by atoms with Gasteiger partial charge < -0.3 is 30.1 Å². The second-order valence-electron chi connectivity index (χ2n) is 14.6. The Bertz CT molecular complexity index is 1500. The van der Waals surface area contributed by atoms with Gasteiger partial charge in [0, 0.05) is 62.3 Å². The minimum atomic E-state index is -3.25. The number of piperidine rings is 1. The first-order chi connectivity index (χ1) is 22.8. The zero-order chi connectivity index (χ0) is 32.6. The van der Waals surface area contributed by atoms with Crippen molar-refractivity contribution in [1.29, 1.82) is 0 Å². The predicted octanol–water partition coefficient (Wildman–Crippen LogP) is 3.89. The van der Waals surface area contributed by atoms with Crippen LogP contribution in [0.2, 0.25) is 0 Å². The van der Waals surface area contributed by atoms with Crippen molar-refractivity contribution >= 4 is 21.6 Å². The van der Waals surface area contributed by atoms with Gasteiger partial charge in [0.05, 0.1) is 17.3 Å². The molecule has 0 aromatic heterocycles. The topological polar surface area (TPSA) is 94.2 Å². The number of likely N-dealkylation sites (tertiary alicyclic amines) is 2. The van der Waals surface area contributed by atoms with E-state index < -0.39 is 9.84 Å². The number of methoxy groups -OCH3 is 1. The SMILES string of the molecule is COC(=O)N[C@H]1CCC[C@@H]1[C@](CN1CCC1)(c1cccc(F)c1)C1CCN(CC2CN(c3ccc(S(=O)(=O)C4CNC4)cc3)C2)CC1. The van der Waals surface area contributed by atoms with Crippen molar-refractivity contribution in [2.24, 2.45) is 17.8 Å². The summed E-state index contributed by atoms with van der Waals surface area (Å²) in [5.74, 6) is 0.987. The maximum absolute atomic E-state index is 14.9. The molecule has 5 fully saturated rings. The first-order valence-electron chi connectivity index (χ1n) is 17.6. The molecule has 4 heterocycles. The number of carbonyl (C=O) groups is 1. The lowest BCUT2D eigenvalue weighted by molar-refractivity contribution is 0.0223. The molecule has 4 saturated heterocycles. The van der Waals surface area contributed by atoms with Crippen LogP contribution in [0.3, 0.4) is 0 Å². The quantitative estimate of drug-likeness (QED) is 0.373. The van der Waals surface area contributed by atoms with Crippen molar-refractivity contribution in [2.45, 2.75) is 60.1 Å². The molecular formula is C36H50FN5O4S. The van der Waals surface area contributed by atoms with Crippen molar-refractivity contribution < 1.29 is 22.3 Å². The number of ether oxygens (including phenoxy) is 1. The molecule has 11 heteroatoms. The number of carbonyl (C=O) groups excluding carboxylic acids is 1. The number of rotatable bonds is 11. The van der Waals surface area contributed by atoms with Crippen molar-refractivity contribution in [1.82, 2.24) is 20.4 Å². The molecule has 0 bridgehead atoms. The highest BCUT2D eigenvalue weighted by Gasteiger charge is 2.53. The lowest BCUT2D eigenvalue weighted by atomic mass is 9.57. The summed E-state index contributed by atoms with van der Waals surface area (Å²) in [7, 11) is -1.83. The second kappa shape index (κ2) is 13.6. The molecule has 2 N–H and O–H groups in total. The van der Waals surface area contributed by atoms with Gasteiger partial charge in [-0.05, 0) is 112 Å². The zero-order valence-corrected chi connectivity index (χ0v) is 28.4. The Morgan fingerprint density at radius 2 is 1.72 bits per heavy atom. The molecule has 47 heavy (non-hydrogen) atoms. The number of nitrogens with zero attached hydrogens (tertiary/aromatic N) is 3. The number of alkyl carbamates (subject to hydrolysis) is 1. The fourth-order valence-electron chi connectivity index (χ4n) is 9.15. The van der Waals surface area contributed by atoms with Gasteiger partial charge in [-0.3, -0.25) is 0 Å². The first kappa shape index (κ1) is 32.8. The Morgan fingerprint density at radius 1 is 0.979 bits per heavy atom. The third kappa shape index (κ3) is 6.53. The van der Waals surface area contributed by atoms with E-state index >= 15 is 0 Å². The van der Waals surface area contributed by atoms with Gasteiger partial charge in [-0.15, -0.1) is 0 Å². The normalized spacial score (nSPS) is 26.2. The Balaban J connectivity index is 1.02. The third-order valence-electron chi connectivity index (χ3n) is 12.0. The molecule has 1 saturated carbocycles. The number of halogens is 1. The highest BCUT2D eigenvalue weighted by molar-refractivity contribution is 7.92. The molecule has 9 nitrogen and oxygen atoms in total. The summed E-state index contributed by atoms with van der Waals surface area (Å²) in [5.41, 5.74) is 1.92. The smallest absolute Gasteiger partial charge is 0.407 e. The molecule has 3 atom stereocenters. The molecule has 4 aliphatic heterocycles. The molecule has 0 spiro atoms. The minimum absolute atomic E-state index is 0.00960. The van der Waals surface area contributed by atoms with Crippen molar-refractivity contribution in [2.75, 3.05) is 77.5 Å². The van der Waals surface area contributed by atoms with E-state index in [0.29, 0.717) is 29.8 Å². The monoisotopic (exact) mass is 667 g/mol. The van der Waals surface area contributed by atoms with E-state index in [4.69, 9.17) is 4.74 Å². The molecular weight excluding hydrogens is 617 g/mol. The summed E-state index contributed by atoms with van der Waals surface area (Å²) in [6.45, 7) is 9.16. The molecule has 7 rings (SSSR count). The van der Waals surface area contributed by atoms with Crippen molar-refractivity contribution in [3.8, 4) is 0 Å². The Morgan fingerprint density at radius 3 is 2.34 bits per heavy atom. The van der Waals surface area contributed by atoms with E-state index in [1.165, 1.54) is 13.5 Å². The Labute approximate surface area is 279 Å². The number of hydrogen-bond acceptors (Lipinski definition) is 8. The second-order valence-corrected chi connectivity index (χ2v) is 16.9. The van der Waals surface area contributed by atoms with Crippen molar-refractivity contribution in [3.63, 3.8) is 0 Å². The zero-order valence-electron chi connectivity index (χ0n) is 27.6. The summed E-state index contributed by atoms with van der Waals surface area (Å²) in [5, 5.41) is 5.93. The van der Waals surface area contributed by atoms with Gasteiger partial charge in [-0.2, -0.15) is 0 Å². The maximum Gasteiger partial charge on any atom is 0.407 e. The average molecular weight is 668 g/mol. The van der Waals surface area contributed by atoms with Crippen LogP contribution in [0.15, 0.2) is 53.4 Å². The van der Waals surface area contributed by atoms with Gasteiger partial charge in [-0.1, -0.05) is 18.6 Å². The predicted molar refractivity (Wildman–Crippen MR) is 181 cm³/mol. The highest BCUT2D eigenvalue weighted by Crippen LogP contribution is 2.51. The lowest BCUT2D eigenvalue weighted by Gasteiger charge is -2.54. The standard InChI is InChI=1S/C36H50FN5O4S/c1-46-35(43)39-34-8-3-7-33(34)36(25-41-15-4-16-41,28-5-2-6-29(37)19-28)27-13-17-40(18-14-27)22-26-23-42(24-26)30-9-11-31(12-10-30)47(44,45)32-20-38-21-32/h2,5-6,9-12,19,26-27,32-34,38H,3-4,7-8,13-18,20-25H2,1H3,(H,39,43)/t33-,34-,36-/m0/s1. The third-order valence-corrected chi connectivity index (χ3v) is 14.1. The van der Waals surface area contributed by atoms with Gasteiger partial charge in [0.1, 0.15) is 5.82 Å². The number of amides is 1. The average Bonchev–Trinajstić information content (AvgIpc) is 3.46. The fourth-order valence-corrected chi connectivity index (χ4v) is 10.7. The maximum atomic E-state index is 14.9. The van der Waals surface area contributed by atoms with Gasteiger partial charge in [-0.25, -0.2) is 17.6 Å². The highest BCUT2D eigenvalue weighted by atomic mass is 32.2. The van der Waals surface area contributed by atoms with E-state index in [9.17, 15) is 17.6 Å². The van der Waals surface area contributed by atoms with E-state index in [1.807, 2.05) is 18.2 Å². The Kier molecular flexibility index (Phi) is 9.52. The van der Waals surface area contributed by atoms with Crippen LogP contribution in [-0.4, -0.2) is 108 Å². The number of benzene rings is 2. The van der Waals surface area contributed by atoms with Crippen LogP contribution >= 0.6 is 0 Å². The van der Waals surface area contributed by atoms with Crippen LogP contribution in [0, 0.1) is 23.6 Å². The summed E-state index contributed by atoms with van der Waals surface area (Å²) in [4.78, 5) is 20.4. The number of sulfone groups is 1. The van der Waals surface area contributed by atoms with Crippen molar-refractivity contribution in [3.05, 3.63) is 59.9 Å².